The molecule has 19 heavy (non-hydrogen) atoms. The molecule has 1 unspecified atom stereocenters. The van der Waals surface area contributed by atoms with Crippen LogP contribution in [0, 0.1) is 0 Å². The van der Waals surface area contributed by atoms with E-state index in [0.717, 1.165) is 4.90 Å². The molecule has 1 atom stereocenters. The lowest BCUT2D eigenvalue weighted by molar-refractivity contribution is -0.141. The molecule has 8 heteroatoms. The van der Waals surface area contributed by atoms with Crippen molar-refractivity contribution in [2.75, 3.05) is 13.2 Å². The van der Waals surface area contributed by atoms with Gasteiger partial charge in [0.15, 0.2) is 0 Å². The van der Waals surface area contributed by atoms with Crippen molar-refractivity contribution in [1.29, 1.82) is 0 Å². The molecule has 0 radical (unpaired) electrons. The lowest BCUT2D eigenvalue weighted by Gasteiger charge is -2.15. The van der Waals surface area contributed by atoms with Crippen molar-refractivity contribution in [3.63, 3.8) is 0 Å². The van der Waals surface area contributed by atoms with E-state index in [1.54, 1.807) is 6.92 Å². The van der Waals surface area contributed by atoms with Crippen LogP contribution in [0.1, 0.15) is 19.8 Å². The molecule has 8 nitrogen and oxygen atoms in total. The number of imide groups is 1. The van der Waals surface area contributed by atoms with E-state index in [9.17, 15) is 14.4 Å². The van der Waals surface area contributed by atoms with Crippen molar-refractivity contribution in [2.45, 2.75) is 25.9 Å². The number of carbonyl (C=O) groups is 3. The zero-order valence-electron chi connectivity index (χ0n) is 10.6. The van der Waals surface area contributed by atoms with Gasteiger partial charge < -0.3 is 4.84 Å². The second-order valence-electron chi connectivity index (χ2n) is 4.02. The van der Waals surface area contributed by atoms with E-state index in [4.69, 9.17) is 10.7 Å². The fraction of sp³-hybridized carbons (Fsp3) is 0.545. The Balaban J connectivity index is 2.18. The summed E-state index contributed by atoms with van der Waals surface area (Å²) in [6.07, 6.45) is 2.62. The summed E-state index contributed by atoms with van der Waals surface area (Å²) < 4.78 is 0. The molecule has 1 aliphatic heterocycles. The Morgan fingerprint density at radius 3 is 2.63 bits per heavy atom. The topological polar surface area (TPSA) is 111 Å². The van der Waals surface area contributed by atoms with Crippen LogP contribution in [0.2, 0.25) is 0 Å². The number of hydrogen-bond donors (Lipinski definition) is 2. The van der Waals surface area contributed by atoms with Crippen LogP contribution in [0.25, 0.3) is 0 Å². The second-order valence-corrected chi connectivity index (χ2v) is 4.02. The van der Waals surface area contributed by atoms with Crippen LogP contribution in [0.4, 0.5) is 0 Å². The molecule has 0 aliphatic carbocycles. The SMILES string of the molecule is CC(CCON)ONC(=O)CCN1C(=O)C=CC1=O. The quantitative estimate of drug-likeness (QED) is 0.433. The van der Waals surface area contributed by atoms with Crippen molar-refractivity contribution in [1.82, 2.24) is 10.4 Å². The monoisotopic (exact) mass is 271 g/mol. The first-order chi connectivity index (χ1) is 9.04. The molecule has 0 fully saturated rings. The molecule has 3 N–H and O–H groups in total. The largest absolute Gasteiger partial charge is 0.305 e. The van der Waals surface area contributed by atoms with Crippen LogP contribution in [-0.4, -0.2) is 41.9 Å². The van der Waals surface area contributed by atoms with Gasteiger partial charge in [0.25, 0.3) is 11.8 Å². The Morgan fingerprint density at radius 1 is 1.42 bits per heavy atom. The Kier molecular flexibility index (Phi) is 6.13. The number of hydrogen-bond acceptors (Lipinski definition) is 6. The number of hydroxylamine groups is 1. The summed E-state index contributed by atoms with van der Waals surface area (Å²) >= 11 is 0. The number of nitrogens with two attached hydrogens (primary N) is 1. The van der Waals surface area contributed by atoms with Gasteiger partial charge in [-0.15, -0.1) is 0 Å². The molecule has 1 heterocycles. The first kappa shape index (κ1) is 15.3. The third kappa shape index (κ3) is 5.16. The average molecular weight is 271 g/mol. The first-order valence-electron chi connectivity index (χ1n) is 5.84. The fourth-order valence-electron chi connectivity index (χ4n) is 1.38. The van der Waals surface area contributed by atoms with Crippen LogP contribution in [0.5, 0.6) is 0 Å². The van der Waals surface area contributed by atoms with Gasteiger partial charge in [0.05, 0.1) is 12.7 Å². The number of carbonyl (C=O) groups excluding carboxylic acids is 3. The van der Waals surface area contributed by atoms with Crippen molar-refractivity contribution in [3.8, 4) is 0 Å². The summed E-state index contributed by atoms with van der Waals surface area (Å²) in [6.45, 7) is 2.09. The van der Waals surface area contributed by atoms with E-state index in [2.05, 4.69) is 10.3 Å². The number of amides is 3. The molecule has 0 aromatic carbocycles. The number of rotatable bonds is 8. The molecule has 1 rings (SSSR count). The zero-order valence-corrected chi connectivity index (χ0v) is 10.6. The van der Waals surface area contributed by atoms with Crippen molar-refractivity contribution >= 4 is 17.7 Å². The minimum Gasteiger partial charge on any atom is -0.305 e. The predicted molar refractivity (Wildman–Crippen MR) is 63.9 cm³/mol. The Morgan fingerprint density at radius 2 is 2.05 bits per heavy atom. The van der Waals surface area contributed by atoms with E-state index in [0.29, 0.717) is 13.0 Å². The highest BCUT2D eigenvalue weighted by Gasteiger charge is 2.23. The van der Waals surface area contributed by atoms with Gasteiger partial charge in [-0.3, -0.25) is 24.1 Å². The van der Waals surface area contributed by atoms with Gasteiger partial charge in [0, 0.05) is 31.5 Å². The van der Waals surface area contributed by atoms with Gasteiger partial charge in [-0.25, -0.2) is 11.4 Å². The summed E-state index contributed by atoms with van der Waals surface area (Å²) in [5.41, 5.74) is 2.24. The van der Waals surface area contributed by atoms with Crippen LogP contribution in [0.3, 0.4) is 0 Å². The van der Waals surface area contributed by atoms with Gasteiger partial charge >= 0.3 is 0 Å². The van der Waals surface area contributed by atoms with Crippen molar-refractivity contribution in [3.05, 3.63) is 12.2 Å². The number of nitrogens with one attached hydrogen (secondary N) is 1. The van der Waals surface area contributed by atoms with Gasteiger partial charge in [-0.1, -0.05) is 0 Å². The van der Waals surface area contributed by atoms with Crippen molar-refractivity contribution in [2.24, 2.45) is 5.90 Å². The summed E-state index contributed by atoms with van der Waals surface area (Å²) in [5, 5.41) is 0. The molecule has 106 valence electrons. The highest BCUT2D eigenvalue weighted by atomic mass is 16.7. The smallest absolute Gasteiger partial charge is 0.253 e. The first-order valence-corrected chi connectivity index (χ1v) is 5.84. The Hall–Kier alpha value is -1.77. The van der Waals surface area contributed by atoms with Crippen molar-refractivity contribution < 1.29 is 24.1 Å². The van der Waals surface area contributed by atoms with Gasteiger partial charge in [0.2, 0.25) is 5.91 Å². The van der Waals surface area contributed by atoms with E-state index < -0.39 is 17.7 Å². The minimum absolute atomic E-state index is 0.0146. The number of nitrogens with zero attached hydrogens (tertiary/aromatic N) is 1. The molecule has 3 amide bonds. The van der Waals surface area contributed by atoms with Crippen LogP contribution >= 0.6 is 0 Å². The maximum Gasteiger partial charge on any atom is 0.253 e. The summed E-state index contributed by atoms with van der Waals surface area (Å²) in [5.74, 6) is 3.63. The molecule has 1 aliphatic rings. The van der Waals surface area contributed by atoms with E-state index in [1.165, 1.54) is 12.2 Å². The normalized spacial score (nSPS) is 16.0. The molecular formula is C11H17N3O5. The van der Waals surface area contributed by atoms with Crippen LogP contribution in [-0.2, 0) is 24.1 Å². The maximum atomic E-state index is 11.4. The lowest BCUT2D eigenvalue weighted by Crippen LogP contribution is -2.35. The Bertz CT molecular complexity index is 365. The minimum atomic E-state index is -0.410. The molecular weight excluding hydrogens is 254 g/mol. The molecule has 0 saturated carbocycles. The van der Waals surface area contributed by atoms with Crippen LogP contribution in [0.15, 0.2) is 12.2 Å². The lowest BCUT2D eigenvalue weighted by atomic mass is 10.3. The zero-order chi connectivity index (χ0) is 14.3. The standard InChI is InChI=1S/C11H17N3O5/c1-8(5-7-18-12)19-13-9(15)4-6-14-10(16)2-3-11(14)17/h2-3,8H,4-7,12H2,1H3,(H,13,15). The molecule has 0 bridgehead atoms. The molecule has 0 saturated heterocycles. The third-order valence-electron chi connectivity index (χ3n) is 2.48. The fourth-order valence-corrected chi connectivity index (χ4v) is 1.38. The van der Waals surface area contributed by atoms with E-state index in [1.807, 2.05) is 0 Å². The summed E-state index contributed by atoms with van der Waals surface area (Å²) in [6, 6.07) is 0. The second kappa shape index (κ2) is 7.62. The van der Waals surface area contributed by atoms with E-state index in [-0.39, 0.29) is 19.1 Å². The molecule has 0 aromatic heterocycles. The summed E-state index contributed by atoms with van der Waals surface area (Å²) in [7, 11) is 0. The average Bonchev–Trinajstić information content (AvgIpc) is 2.71. The Labute approximate surface area is 110 Å². The van der Waals surface area contributed by atoms with Gasteiger partial charge in [0.1, 0.15) is 0 Å². The third-order valence-corrected chi connectivity index (χ3v) is 2.48. The molecule has 0 aromatic rings. The van der Waals surface area contributed by atoms with Gasteiger partial charge in [-0.05, 0) is 6.92 Å². The summed E-state index contributed by atoms with van der Waals surface area (Å²) in [4.78, 5) is 44.3. The predicted octanol–water partition coefficient (Wildman–Crippen LogP) is -0.982. The van der Waals surface area contributed by atoms with E-state index >= 15 is 0 Å². The van der Waals surface area contributed by atoms with Crippen LogP contribution < -0.4 is 11.4 Å². The highest BCUT2D eigenvalue weighted by molar-refractivity contribution is 6.13. The maximum absolute atomic E-state index is 11.4. The highest BCUT2D eigenvalue weighted by Crippen LogP contribution is 2.04. The van der Waals surface area contributed by atoms with Gasteiger partial charge in [-0.2, -0.15) is 0 Å². The molecule has 0 spiro atoms.